The van der Waals surface area contributed by atoms with Crippen molar-refractivity contribution in [2.45, 2.75) is 0 Å². The fraction of sp³-hybridized carbons (Fsp3) is 0.167. The first kappa shape index (κ1) is 122. The van der Waals surface area contributed by atoms with E-state index < -0.39 is 73.6 Å². The van der Waals surface area contributed by atoms with Gasteiger partial charge < -0.3 is 102 Å². The SMILES string of the molecule is CN(C)C=O.CN(C)C=O.F[Si-2](F)(F)(F)(F)F.O.O.O.O.O=C(Nc1ccc(OCC[NH+](CCOc2ccc(NC(=O)c3ccc([N+](=O)[O-])cc3)cc2)CCOc2ccc(NC(=O)c3ccc([N+](=O)[O-])cc3)cc2)cc1)c1ccc([N+](=O)[O-])cc1.O=C(Nc1ccc(OCC[NH+](CCOc2ccc(NC(=O)c3ccc([N+](=O)[O-])cc3)cc2)CCOc2ccc(NC(=O)c3ccc([N+](=O)[O-])cc3)cc2)cc1)c1ccc([N+](=O)[O-])cc1. The van der Waals surface area contributed by atoms with E-state index in [1.807, 2.05) is 0 Å². The van der Waals surface area contributed by atoms with Crippen molar-refractivity contribution >= 4 is 125 Å². The first-order valence-electron chi connectivity index (χ1n) is 43.1. The number of amides is 8. The molecular weight excluding hydrogens is 2000 g/mol. The number of ether oxygens (including phenoxy) is 6. The Morgan fingerprint density at radius 2 is 0.356 bits per heavy atom. The first-order chi connectivity index (χ1) is 68.8. The summed E-state index contributed by atoms with van der Waals surface area (Å²) in [6.45, 7) is 5.35. The average Bonchev–Trinajstić information content (AvgIpc) is 0.786. The minimum atomic E-state index is -10.8. The maximum absolute atomic E-state index is 12.6. The average molecular weight is 2100 g/mol. The number of nitrogens with zero attached hydrogens (tertiary/aromatic N) is 8. The Morgan fingerprint density at radius 1 is 0.248 bits per heavy atom. The third-order valence-electron chi connectivity index (χ3n) is 19.5. The molecule has 12 aromatic carbocycles. The van der Waals surface area contributed by atoms with E-state index in [9.17, 15) is 124 Å². The second kappa shape index (κ2) is 58.7. The van der Waals surface area contributed by atoms with Crippen LogP contribution in [0.5, 0.6) is 34.5 Å². The van der Waals surface area contributed by atoms with Gasteiger partial charge in [0.25, 0.3) is 69.6 Å². The van der Waals surface area contributed by atoms with Crippen molar-refractivity contribution in [3.05, 3.63) is 385 Å². The van der Waals surface area contributed by atoms with Gasteiger partial charge in [0.1, 0.15) is 113 Å². The van der Waals surface area contributed by atoms with Crippen LogP contribution < -0.4 is 70.1 Å². The molecule has 16 N–H and O–H groups in total. The number of nitro groups is 6. The standard InChI is InChI=1S/2C45H39N7O12.2C3H7NO.F6Si.4H2O/c2*53-43(31-1-13-37(14-2-31)50(56)57)46-34-7-19-40(20-8-34)62-28-25-49(26-29-63-41-21-9-35(10-22-41)47-44(54)32-3-15-38(16-4-32)51(58)59)27-30-64-42-23-11-36(12-24-42)48-45(55)33-5-17-39(18-6-33)52(60)61;2*1-4(2)3-5;1-7(2,3,4,5)6;;;;/h2*1-24H,25-30H2,(H,46,53)(H,47,54)(H,48,55);2*3H,1-2H3;;4*1H2/q;;;;-2;;;;/p+2. The minimum Gasteiger partial charge on any atom is -0.488 e. The van der Waals surface area contributed by atoms with E-state index in [4.69, 9.17) is 28.4 Å². The van der Waals surface area contributed by atoms with Crippen LogP contribution in [0.15, 0.2) is 291 Å². The van der Waals surface area contributed by atoms with Gasteiger partial charge in [-0.05, 0) is 218 Å². The van der Waals surface area contributed by atoms with Gasteiger partial charge in [0, 0.05) is 168 Å². The van der Waals surface area contributed by atoms with Crippen molar-refractivity contribution in [1.82, 2.24) is 9.80 Å². The number of hydrogen-bond acceptors (Lipinski definition) is 26. The second-order valence-corrected chi connectivity index (χ2v) is 33.1. The summed E-state index contributed by atoms with van der Waals surface area (Å²) in [4.78, 5) is 162. The molecule has 149 heavy (non-hydrogen) atoms. The molecule has 0 saturated carbocycles. The van der Waals surface area contributed by atoms with Gasteiger partial charge in [0.2, 0.25) is 12.8 Å². The Balaban J connectivity index is 0.000000523. The number of anilines is 6. The van der Waals surface area contributed by atoms with Crippen LogP contribution in [0.4, 0.5) is 92.9 Å². The number of non-ortho nitro benzene ring substituents is 6. The van der Waals surface area contributed by atoms with Crippen LogP contribution in [0.3, 0.4) is 0 Å². The van der Waals surface area contributed by atoms with Gasteiger partial charge in [-0.2, -0.15) is 0 Å². The van der Waals surface area contributed by atoms with Crippen LogP contribution in [0.25, 0.3) is 0 Å². The van der Waals surface area contributed by atoms with Crippen LogP contribution in [-0.2, 0) is 9.59 Å². The molecule has 0 aliphatic heterocycles. The minimum absolute atomic E-state index is 0. The fourth-order valence-electron chi connectivity index (χ4n) is 12.1. The van der Waals surface area contributed by atoms with Crippen molar-refractivity contribution in [3.8, 4) is 34.5 Å². The van der Waals surface area contributed by atoms with Crippen molar-refractivity contribution < 1.29 is 153 Å². The zero-order chi connectivity index (χ0) is 106. The van der Waals surface area contributed by atoms with E-state index in [0.717, 1.165) is 22.6 Å². The number of halogens is 6. The summed E-state index contributed by atoms with van der Waals surface area (Å²) < 4.78 is 95.5. The zero-order valence-corrected chi connectivity index (χ0v) is 80.3. The zero-order valence-electron chi connectivity index (χ0n) is 79.3. The fourth-order valence-corrected chi connectivity index (χ4v) is 12.1. The largest absolute Gasteiger partial charge is 0.488 e. The summed E-state index contributed by atoms with van der Waals surface area (Å²) in [6.07, 6.45) is 1.50. The Morgan fingerprint density at radius 3 is 0.450 bits per heavy atom. The van der Waals surface area contributed by atoms with Gasteiger partial charge in [-0.1, -0.05) is 0 Å². The summed E-state index contributed by atoms with van der Waals surface area (Å²) in [5.74, 6) is 0.910. The van der Waals surface area contributed by atoms with E-state index in [2.05, 4.69) is 31.9 Å². The topological polar surface area (TPSA) is 664 Å². The third-order valence-corrected chi connectivity index (χ3v) is 19.5. The van der Waals surface area contributed by atoms with E-state index in [0.29, 0.717) is 148 Å². The predicted molar refractivity (Wildman–Crippen MR) is 535 cm³/mol. The number of quaternary nitrogens is 2. The van der Waals surface area contributed by atoms with E-state index in [-0.39, 0.29) is 89.4 Å². The number of hydrogen-bond donors (Lipinski definition) is 8. The Bertz CT molecular complexity index is 5470. The van der Waals surface area contributed by atoms with Gasteiger partial charge in [-0.15, -0.1) is 0 Å². The summed E-state index contributed by atoms with van der Waals surface area (Å²) >= 11 is 0. The third kappa shape index (κ3) is 46.0. The van der Waals surface area contributed by atoms with Crippen LogP contribution in [0.2, 0.25) is 0 Å². The molecule has 8 amide bonds. The molecule has 0 unspecified atom stereocenters. The monoisotopic (exact) mass is 2100 g/mol. The van der Waals surface area contributed by atoms with Crippen LogP contribution in [-0.4, -0.2) is 225 Å². The molecule has 0 radical (unpaired) electrons. The molecule has 0 aromatic heterocycles. The van der Waals surface area contributed by atoms with Crippen LogP contribution in [0.1, 0.15) is 62.1 Å². The molecule has 0 saturated heterocycles. The predicted octanol–water partition coefficient (Wildman–Crippen LogP) is 11.4. The van der Waals surface area contributed by atoms with Gasteiger partial charge in [-0.3, -0.25) is 99.0 Å². The smallest absolute Gasteiger partial charge is 0.269 e. The van der Waals surface area contributed by atoms with Crippen LogP contribution >= 0.6 is 0 Å². The summed E-state index contributed by atoms with van der Waals surface area (Å²) in [5.41, 5.74) is 4.00. The van der Waals surface area contributed by atoms with Gasteiger partial charge in [0.15, 0.2) is 0 Å². The molecule has 0 heterocycles. The van der Waals surface area contributed by atoms with E-state index >= 15 is 0 Å². The van der Waals surface area contributed by atoms with Crippen molar-refractivity contribution in [1.29, 1.82) is 0 Å². The molecule has 12 aromatic rings. The number of rotatable bonds is 44. The molecule has 53 heteroatoms. The Labute approximate surface area is 842 Å². The quantitative estimate of drug-likeness (QED) is 0.00439. The molecular formula is C96H102F6N16O30Si. The molecule has 0 bridgehead atoms. The summed E-state index contributed by atoms with van der Waals surface area (Å²) in [5, 5.41) is 82.1. The van der Waals surface area contributed by atoms with Crippen molar-refractivity contribution in [2.24, 2.45) is 0 Å². The number of carbonyl (C=O) groups is 8. The first-order valence-corrected chi connectivity index (χ1v) is 45.4. The summed E-state index contributed by atoms with van der Waals surface area (Å²) in [7, 11) is -4.09. The number of carbonyl (C=O) groups excluding carboxylic acids is 8. The number of nitro benzene ring substituents is 6. The van der Waals surface area contributed by atoms with Gasteiger partial charge >= 0.3 is 33.3 Å². The number of benzene rings is 12. The molecule has 0 aliphatic rings. The van der Waals surface area contributed by atoms with E-state index in [1.54, 1.807) is 174 Å². The molecule has 0 aliphatic carbocycles. The summed E-state index contributed by atoms with van der Waals surface area (Å²) in [6, 6.07) is 72.5. The molecule has 0 spiro atoms. The molecule has 0 fully saturated rings. The molecule has 12 rings (SSSR count). The van der Waals surface area contributed by atoms with E-state index in [1.165, 1.54) is 155 Å². The molecule has 792 valence electrons. The maximum atomic E-state index is 12.6. The second-order valence-electron chi connectivity index (χ2n) is 31.0. The normalized spacial score (nSPS) is 10.7. The van der Waals surface area contributed by atoms with Crippen LogP contribution in [0, 0.1) is 60.7 Å². The van der Waals surface area contributed by atoms with Gasteiger partial charge in [0.05, 0.1) is 29.5 Å². The number of nitrogens with one attached hydrogen (secondary N) is 8. The molecule has 46 nitrogen and oxygen atoms in total. The van der Waals surface area contributed by atoms with Crippen molar-refractivity contribution in [2.75, 3.05) is 139 Å². The van der Waals surface area contributed by atoms with Gasteiger partial charge in [-0.25, -0.2) is 0 Å². The Hall–Kier alpha value is -18.8. The van der Waals surface area contributed by atoms with Crippen molar-refractivity contribution in [3.63, 3.8) is 0 Å². The molecule has 0 atom stereocenters. The Kier molecular flexibility index (Phi) is 48.2. The maximum Gasteiger partial charge on any atom is 0.269 e.